The summed E-state index contributed by atoms with van der Waals surface area (Å²) in [5, 5.41) is 2.79. The minimum atomic E-state index is -0.307. The van der Waals surface area contributed by atoms with Gasteiger partial charge in [-0.3, -0.25) is 9.59 Å². The number of rotatable bonds is 7. The molecule has 0 heterocycles. The topological polar surface area (TPSA) is 67.9 Å². The van der Waals surface area contributed by atoms with Crippen molar-refractivity contribution in [1.82, 2.24) is 0 Å². The van der Waals surface area contributed by atoms with E-state index in [0.717, 1.165) is 0 Å². The largest absolute Gasteiger partial charge is 0.497 e. The first kappa shape index (κ1) is 18.3. The van der Waals surface area contributed by atoms with Crippen molar-refractivity contribution in [2.75, 3.05) is 30.5 Å². The standard InChI is InChI=1S/C19H22N2O4/c1-4-25-18-8-6-5-7-17(18)20-19(23)13-21(14(2)22)15-9-11-16(24-3)12-10-15/h5-12H,4,13H2,1-3H3,(H,20,23). The fraction of sp³-hybridized carbons (Fsp3) is 0.263. The Hall–Kier alpha value is -3.02. The molecule has 25 heavy (non-hydrogen) atoms. The molecule has 0 aliphatic heterocycles. The molecule has 2 aromatic rings. The van der Waals surface area contributed by atoms with Gasteiger partial charge in [-0.15, -0.1) is 0 Å². The van der Waals surface area contributed by atoms with Gasteiger partial charge in [0.1, 0.15) is 18.0 Å². The van der Waals surface area contributed by atoms with Gasteiger partial charge in [0.15, 0.2) is 0 Å². The zero-order valence-corrected chi connectivity index (χ0v) is 14.6. The van der Waals surface area contributed by atoms with Gasteiger partial charge in [-0.25, -0.2) is 0 Å². The Labute approximate surface area is 147 Å². The number of ether oxygens (including phenoxy) is 2. The predicted octanol–water partition coefficient (Wildman–Crippen LogP) is 3.09. The average molecular weight is 342 g/mol. The molecule has 0 aromatic heterocycles. The summed E-state index contributed by atoms with van der Waals surface area (Å²) in [6.07, 6.45) is 0. The van der Waals surface area contributed by atoms with Crippen molar-refractivity contribution in [2.45, 2.75) is 13.8 Å². The lowest BCUT2D eigenvalue weighted by Gasteiger charge is -2.21. The second kappa shape index (κ2) is 8.73. The summed E-state index contributed by atoms with van der Waals surface area (Å²) in [5.41, 5.74) is 1.20. The Kier molecular flexibility index (Phi) is 6.39. The molecule has 0 unspecified atom stereocenters. The number of para-hydroxylation sites is 2. The maximum absolute atomic E-state index is 12.4. The molecule has 2 rings (SSSR count). The predicted molar refractivity (Wildman–Crippen MR) is 97.3 cm³/mol. The van der Waals surface area contributed by atoms with Crippen LogP contribution in [-0.4, -0.2) is 32.1 Å². The van der Waals surface area contributed by atoms with Crippen LogP contribution in [0.2, 0.25) is 0 Å². The molecule has 0 aliphatic carbocycles. The van der Waals surface area contributed by atoms with E-state index < -0.39 is 0 Å². The first-order chi connectivity index (χ1) is 12.0. The van der Waals surface area contributed by atoms with Crippen LogP contribution < -0.4 is 19.7 Å². The van der Waals surface area contributed by atoms with Gasteiger partial charge >= 0.3 is 0 Å². The maximum Gasteiger partial charge on any atom is 0.244 e. The molecule has 2 aromatic carbocycles. The number of anilines is 2. The van der Waals surface area contributed by atoms with Crippen molar-refractivity contribution in [3.63, 3.8) is 0 Å². The van der Waals surface area contributed by atoms with Gasteiger partial charge in [-0.2, -0.15) is 0 Å². The number of carbonyl (C=O) groups is 2. The van der Waals surface area contributed by atoms with Gasteiger partial charge in [0.05, 0.1) is 19.4 Å². The van der Waals surface area contributed by atoms with Crippen molar-refractivity contribution in [1.29, 1.82) is 0 Å². The third kappa shape index (κ3) is 4.97. The molecule has 132 valence electrons. The molecular weight excluding hydrogens is 320 g/mol. The number of hydrogen-bond donors (Lipinski definition) is 1. The minimum absolute atomic E-state index is 0.0951. The van der Waals surface area contributed by atoms with E-state index in [-0.39, 0.29) is 18.4 Å². The Morgan fingerprint density at radius 3 is 2.36 bits per heavy atom. The fourth-order valence-electron chi connectivity index (χ4n) is 2.33. The number of amides is 2. The van der Waals surface area contributed by atoms with Crippen molar-refractivity contribution in [3.8, 4) is 11.5 Å². The molecule has 1 N–H and O–H groups in total. The molecule has 0 saturated carbocycles. The Bertz CT molecular complexity index is 728. The van der Waals surface area contributed by atoms with Crippen molar-refractivity contribution < 1.29 is 19.1 Å². The number of nitrogens with one attached hydrogen (secondary N) is 1. The molecule has 0 fully saturated rings. The van der Waals surface area contributed by atoms with E-state index in [1.165, 1.54) is 11.8 Å². The lowest BCUT2D eigenvalue weighted by Crippen LogP contribution is -2.36. The van der Waals surface area contributed by atoms with Crippen LogP contribution in [0.1, 0.15) is 13.8 Å². The van der Waals surface area contributed by atoms with Gasteiger partial charge in [0.2, 0.25) is 11.8 Å². The summed E-state index contributed by atoms with van der Waals surface area (Å²) in [7, 11) is 1.57. The van der Waals surface area contributed by atoms with E-state index in [1.54, 1.807) is 43.5 Å². The Morgan fingerprint density at radius 2 is 1.76 bits per heavy atom. The molecule has 0 radical (unpaired) electrons. The lowest BCUT2D eigenvalue weighted by atomic mass is 10.2. The molecule has 0 bridgehead atoms. The molecule has 0 spiro atoms. The number of carbonyl (C=O) groups excluding carboxylic acids is 2. The smallest absolute Gasteiger partial charge is 0.244 e. The molecule has 2 amide bonds. The second-order valence-electron chi connectivity index (χ2n) is 5.28. The second-order valence-corrected chi connectivity index (χ2v) is 5.28. The number of nitrogens with zero attached hydrogens (tertiary/aromatic N) is 1. The van der Waals surface area contributed by atoms with E-state index in [1.807, 2.05) is 19.1 Å². The summed E-state index contributed by atoms with van der Waals surface area (Å²) in [6, 6.07) is 14.1. The summed E-state index contributed by atoms with van der Waals surface area (Å²) in [4.78, 5) is 25.7. The van der Waals surface area contributed by atoms with Gasteiger partial charge in [-0.05, 0) is 43.3 Å². The van der Waals surface area contributed by atoms with E-state index in [0.29, 0.717) is 29.5 Å². The minimum Gasteiger partial charge on any atom is -0.497 e. The summed E-state index contributed by atoms with van der Waals surface area (Å²) in [6.45, 7) is 3.70. The first-order valence-electron chi connectivity index (χ1n) is 7.99. The van der Waals surface area contributed by atoms with E-state index >= 15 is 0 Å². The fourth-order valence-corrected chi connectivity index (χ4v) is 2.33. The molecular formula is C19H22N2O4. The highest BCUT2D eigenvalue weighted by Crippen LogP contribution is 2.24. The van der Waals surface area contributed by atoms with Crippen LogP contribution in [0.5, 0.6) is 11.5 Å². The summed E-state index contributed by atoms with van der Waals surface area (Å²) in [5.74, 6) is 0.746. The molecule has 6 nitrogen and oxygen atoms in total. The van der Waals surface area contributed by atoms with Crippen LogP contribution >= 0.6 is 0 Å². The van der Waals surface area contributed by atoms with Crippen LogP contribution in [0.3, 0.4) is 0 Å². The van der Waals surface area contributed by atoms with E-state index in [9.17, 15) is 9.59 Å². The summed E-state index contributed by atoms with van der Waals surface area (Å²) >= 11 is 0. The summed E-state index contributed by atoms with van der Waals surface area (Å²) < 4.78 is 10.6. The highest BCUT2D eigenvalue weighted by atomic mass is 16.5. The normalized spacial score (nSPS) is 10.0. The average Bonchev–Trinajstić information content (AvgIpc) is 2.61. The van der Waals surface area contributed by atoms with Crippen LogP contribution in [0, 0.1) is 0 Å². The quantitative estimate of drug-likeness (QED) is 0.840. The number of hydrogen-bond acceptors (Lipinski definition) is 4. The Morgan fingerprint density at radius 1 is 1.08 bits per heavy atom. The lowest BCUT2D eigenvalue weighted by molar-refractivity contribution is -0.120. The van der Waals surface area contributed by atoms with E-state index in [2.05, 4.69) is 5.32 Å². The maximum atomic E-state index is 12.4. The first-order valence-corrected chi connectivity index (χ1v) is 7.99. The molecule has 0 atom stereocenters. The zero-order chi connectivity index (χ0) is 18.2. The SMILES string of the molecule is CCOc1ccccc1NC(=O)CN(C(C)=O)c1ccc(OC)cc1. The van der Waals surface area contributed by atoms with Gasteiger partial charge in [-0.1, -0.05) is 12.1 Å². The monoisotopic (exact) mass is 342 g/mol. The van der Waals surface area contributed by atoms with Crippen LogP contribution in [0.4, 0.5) is 11.4 Å². The van der Waals surface area contributed by atoms with Crippen LogP contribution in [-0.2, 0) is 9.59 Å². The molecule has 6 heteroatoms. The van der Waals surface area contributed by atoms with Gasteiger partial charge in [0, 0.05) is 12.6 Å². The van der Waals surface area contributed by atoms with Gasteiger partial charge in [0.25, 0.3) is 0 Å². The van der Waals surface area contributed by atoms with E-state index in [4.69, 9.17) is 9.47 Å². The Balaban J connectivity index is 2.11. The van der Waals surface area contributed by atoms with Crippen molar-refractivity contribution >= 4 is 23.2 Å². The number of benzene rings is 2. The third-order valence-corrected chi connectivity index (χ3v) is 3.53. The highest BCUT2D eigenvalue weighted by molar-refractivity contribution is 6.02. The zero-order valence-electron chi connectivity index (χ0n) is 14.6. The third-order valence-electron chi connectivity index (χ3n) is 3.53. The highest BCUT2D eigenvalue weighted by Gasteiger charge is 2.17. The van der Waals surface area contributed by atoms with Crippen LogP contribution in [0.15, 0.2) is 48.5 Å². The van der Waals surface area contributed by atoms with Crippen molar-refractivity contribution in [3.05, 3.63) is 48.5 Å². The molecule has 0 aliphatic rings. The molecule has 0 saturated heterocycles. The number of methoxy groups -OCH3 is 1. The van der Waals surface area contributed by atoms with Crippen LogP contribution in [0.25, 0.3) is 0 Å². The van der Waals surface area contributed by atoms with Crippen molar-refractivity contribution in [2.24, 2.45) is 0 Å². The van der Waals surface area contributed by atoms with Gasteiger partial charge < -0.3 is 19.7 Å².